The first-order chi connectivity index (χ1) is 8.90. The van der Waals surface area contributed by atoms with Crippen LogP contribution in [0.5, 0.6) is 0 Å². The maximum absolute atomic E-state index is 11.7. The number of Topliss-reactive ketones (excluding diaryl/α,β-unsaturated/α-hetero) is 1. The fourth-order valence-electron chi connectivity index (χ4n) is 1.97. The van der Waals surface area contributed by atoms with Crippen LogP contribution in [0, 0.1) is 10.1 Å². The summed E-state index contributed by atoms with van der Waals surface area (Å²) < 4.78 is 5.13. The van der Waals surface area contributed by atoms with Gasteiger partial charge >= 0.3 is 5.88 Å². The monoisotopic (exact) mass is 281 g/mol. The lowest BCUT2D eigenvalue weighted by Crippen LogP contribution is -2.44. The van der Waals surface area contributed by atoms with E-state index in [4.69, 9.17) is 16.6 Å². The molecule has 0 saturated heterocycles. The number of nitrogens with zero attached hydrogens (tertiary/aromatic N) is 1. The third-order valence-electron chi connectivity index (χ3n) is 2.73. The number of nitrogens with one attached hydrogen (secondary N) is 2. The summed E-state index contributed by atoms with van der Waals surface area (Å²) in [5.74, 6) is -0.258. The second kappa shape index (κ2) is 4.81. The van der Waals surface area contributed by atoms with Gasteiger partial charge in [0.25, 0.3) is 0 Å². The van der Waals surface area contributed by atoms with Crippen LogP contribution in [0.2, 0.25) is 0 Å². The van der Waals surface area contributed by atoms with Crippen LogP contribution >= 0.6 is 12.2 Å². The molecule has 2 rings (SSSR count). The molecule has 2 N–H and O–H groups in total. The summed E-state index contributed by atoms with van der Waals surface area (Å²) in [5.41, 5.74) is 1.05. The quantitative estimate of drug-likeness (QED) is 0.493. The molecule has 1 atom stereocenters. The average molecular weight is 281 g/mol. The lowest BCUT2D eigenvalue weighted by molar-refractivity contribution is -0.402. The molecule has 1 aromatic rings. The van der Waals surface area contributed by atoms with Crippen LogP contribution in [-0.2, 0) is 4.79 Å². The number of carbonyl (C=O) groups excluding carboxylic acids is 1. The van der Waals surface area contributed by atoms with Crippen molar-refractivity contribution in [3.63, 3.8) is 0 Å². The molecule has 19 heavy (non-hydrogen) atoms. The Morgan fingerprint density at radius 3 is 2.74 bits per heavy atom. The van der Waals surface area contributed by atoms with Crippen LogP contribution in [0.1, 0.15) is 25.6 Å². The van der Waals surface area contributed by atoms with Crippen molar-refractivity contribution < 1.29 is 14.1 Å². The minimum absolute atomic E-state index is 0.163. The highest BCUT2D eigenvalue weighted by Gasteiger charge is 2.31. The molecule has 1 aliphatic rings. The summed E-state index contributed by atoms with van der Waals surface area (Å²) in [7, 11) is 0. The molecule has 1 aromatic heterocycles. The number of allylic oxidation sites excluding steroid dienone is 1. The highest BCUT2D eigenvalue weighted by molar-refractivity contribution is 7.80. The fraction of sp³-hybridized carbons (Fsp3) is 0.273. The highest BCUT2D eigenvalue weighted by atomic mass is 32.1. The molecular weight excluding hydrogens is 270 g/mol. The van der Waals surface area contributed by atoms with Crippen LogP contribution in [0.3, 0.4) is 0 Å². The first-order valence-electron chi connectivity index (χ1n) is 5.43. The van der Waals surface area contributed by atoms with Crippen molar-refractivity contribution in [2.75, 3.05) is 0 Å². The Labute approximate surface area is 113 Å². The Morgan fingerprint density at radius 1 is 1.53 bits per heavy atom. The molecule has 0 fully saturated rings. The standard InChI is InChI=1S/C11H11N3O4S/c1-5-9(6(2)15)10(13-11(19)12-5)7-3-4-8(18-7)14(16)17/h3-4,10H,1-2H3,(H2,12,13,19)/t10-/m0/s1. The largest absolute Gasteiger partial charge is 0.433 e. The minimum Gasteiger partial charge on any atom is -0.403 e. The van der Waals surface area contributed by atoms with E-state index in [0.717, 1.165) is 0 Å². The third kappa shape index (κ3) is 2.48. The Bertz CT molecular complexity index is 605. The van der Waals surface area contributed by atoms with Crippen LogP contribution < -0.4 is 10.6 Å². The van der Waals surface area contributed by atoms with E-state index < -0.39 is 11.0 Å². The number of nitro groups is 1. The molecule has 0 spiro atoms. The van der Waals surface area contributed by atoms with Gasteiger partial charge in [0.05, 0.1) is 6.07 Å². The molecule has 0 bridgehead atoms. The molecule has 0 radical (unpaired) electrons. The molecule has 0 unspecified atom stereocenters. The summed E-state index contributed by atoms with van der Waals surface area (Å²) in [6.07, 6.45) is 0. The van der Waals surface area contributed by atoms with Crippen LogP contribution in [0.25, 0.3) is 0 Å². The van der Waals surface area contributed by atoms with Gasteiger partial charge < -0.3 is 15.1 Å². The maximum atomic E-state index is 11.7. The molecule has 0 aliphatic carbocycles. The Balaban J connectivity index is 2.45. The van der Waals surface area contributed by atoms with Gasteiger partial charge in [-0.15, -0.1) is 0 Å². The number of hydrogen-bond acceptors (Lipinski definition) is 5. The summed E-state index contributed by atoms with van der Waals surface area (Å²) in [4.78, 5) is 21.7. The third-order valence-corrected chi connectivity index (χ3v) is 2.95. The van der Waals surface area contributed by atoms with Gasteiger partial charge in [0, 0.05) is 11.3 Å². The molecule has 0 saturated carbocycles. The van der Waals surface area contributed by atoms with E-state index in [2.05, 4.69) is 10.6 Å². The van der Waals surface area contributed by atoms with Crippen molar-refractivity contribution in [3.8, 4) is 0 Å². The van der Waals surface area contributed by atoms with Gasteiger partial charge in [-0.05, 0) is 32.1 Å². The molecular formula is C11H11N3O4S. The number of ketones is 1. The number of hydrogen-bond donors (Lipinski definition) is 2. The van der Waals surface area contributed by atoms with Crippen molar-refractivity contribution >= 4 is 29.0 Å². The van der Waals surface area contributed by atoms with Crippen molar-refractivity contribution in [1.29, 1.82) is 0 Å². The number of rotatable bonds is 3. The van der Waals surface area contributed by atoms with E-state index in [1.54, 1.807) is 6.92 Å². The fourth-order valence-corrected chi connectivity index (χ4v) is 2.24. The zero-order valence-electron chi connectivity index (χ0n) is 10.2. The number of thiocarbonyl (C=S) groups is 1. The molecule has 0 amide bonds. The summed E-state index contributed by atoms with van der Waals surface area (Å²) >= 11 is 5.01. The van der Waals surface area contributed by atoms with Gasteiger partial charge in [0.2, 0.25) is 0 Å². The lowest BCUT2D eigenvalue weighted by Gasteiger charge is -2.27. The van der Waals surface area contributed by atoms with E-state index in [1.165, 1.54) is 19.1 Å². The van der Waals surface area contributed by atoms with Gasteiger partial charge in [-0.1, -0.05) is 0 Å². The van der Waals surface area contributed by atoms with E-state index in [9.17, 15) is 14.9 Å². The predicted octanol–water partition coefficient (Wildman–Crippen LogP) is 1.57. The highest BCUT2D eigenvalue weighted by Crippen LogP contribution is 2.30. The smallest absolute Gasteiger partial charge is 0.403 e. The van der Waals surface area contributed by atoms with E-state index in [-0.39, 0.29) is 17.4 Å². The normalized spacial score (nSPS) is 18.8. The molecule has 8 heteroatoms. The second-order valence-corrected chi connectivity index (χ2v) is 4.47. The Morgan fingerprint density at radius 2 is 2.21 bits per heavy atom. The molecule has 1 aliphatic heterocycles. The second-order valence-electron chi connectivity index (χ2n) is 4.06. The molecule has 2 heterocycles. The molecule has 7 nitrogen and oxygen atoms in total. The zero-order chi connectivity index (χ0) is 14.2. The van der Waals surface area contributed by atoms with Crippen LogP contribution in [-0.4, -0.2) is 15.8 Å². The van der Waals surface area contributed by atoms with Crippen molar-refractivity contribution in [2.24, 2.45) is 0 Å². The van der Waals surface area contributed by atoms with Gasteiger partial charge in [-0.2, -0.15) is 0 Å². The van der Waals surface area contributed by atoms with E-state index in [0.29, 0.717) is 16.4 Å². The number of furan rings is 1. The predicted molar refractivity (Wildman–Crippen MR) is 70.4 cm³/mol. The van der Waals surface area contributed by atoms with Crippen LogP contribution in [0.4, 0.5) is 5.88 Å². The van der Waals surface area contributed by atoms with Gasteiger partial charge in [-0.3, -0.25) is 14.9 Å². The van der Waals surface area contributed by atoms with Gasteiger partial charge in [-0.25, -0.2) is 0 Å². The molecule has 0 aromatic carbocycles. The topological polar surface area (TPSA) is 97.4 Å². The number of carbonyl (C=O) groups is 1. The Kier molecular flexibility index (Phi) is 3.34. The van der Waals surface area contributed by atoms with E-state index in [1.807, 2.05) is 0 Å². The van der Waals surface area contributed by atoms with Crippen molar-refractivity contribution in [2.45, 2.75) is 19.9 Å². The van der Waals surface area contributed by atoms with Crippen LogP contribution in [0.15, 0.2) is 27.8 Å². The Hall–Kier alpha value is -2.22. The average Bonchev–Trinajstić information content (AvgIpc) is 2.76. The summed E-state index contributed by atoms with van der Waals surface area (Å²) in [5, 5.41) is 16.7. The van der Waals surface area contributed by atoms with Crippen molar-refractivity contribution in [1.82, 2.24) is 10.6 Å². The first kappa shape index (κ1) is 13.2. The lowest BCUT2D eigenvalue weighted by atomic mass is 9.98. The molecule has 100 valence electrons. The summed E-state index contributed by atoms with van der Waals surface area (Å²) in [6.45, 7) is 3.13. The minimum atomic E-state index is -0.632. The van der Waals surface area contributed by atoms with Gasteiger partial charge in [0.15, 0.2) is 10.9 Å². The summed E-state index contributed by atoms with van der Waals surface area (Å²) in [6, 6.07) is 2.09. The maximum Gasteiger partial charge on any atom is 0.433 e. The van der Waals surface area contributed by atoms with E-state index >= 15 is 0 Å². The first-order valence-corrected chi connectivity index (χ1v) is 5.84. The van der Waals surface area contributed by atoms with Crippen molar-refractivity contribution in [3.05, 3.63) is 39.3 Å². The zero-order valence-corrected chi connectivity index (χ0v) is 11.0. The van der Waals surface area contributed by atoms with Gasteiger partial charge in [0.1, 0.15) is 16.7 Å². The SMILES string of the molecule is CC(=O)C1=C(C)NC(=S)N[C@H]1c1ccc([N+](=O)[O-])o1.